The van der Waals surface area contributed by atoms with E-state index in [1.807, 2.05) is 6.92 Å². The van der Waals surface area contributed by atoms with E-state index >= 15 is 0 Å². The molecule has 0 heterocycles. The zero-order valence-corrected chi connectivity index (χ0v) is 15.6. The Labute approximate surface area is 140 Å². The van der Waals surface area contributed by atoms with Gasteiger partial charge in [0.1, 0.15) is 0 Å². The van der Waals surface area contributed by atoms with Crippen molar-refractivity contribution < 1.29 is 28.3 Å². The van der Waals surface area contributed by atoms with Crippen molar-refractivity contribution in [1.82, 2.24) is 0 Å². The lowest BCUT2D eigenvalue weighted by molar-refractivity contribution is -0.141. The molecule has 0 radical (unpaired) electrons. The number of hydrogen-bond donors (Lipinski definition) is 0. The number of carbonyl (C=O) groups is 3. The number of esters is 2. The third-order valence-corrected chi connectivity index (χ3v) is 4.19. The molecule has 0 spiro atoms. The van der Waals surface area contributed by atoms with Crippen LogP contribution in [0.3, 0.4) is 0 Å². The van der Waals surface area contributed by atoms with Crippen LogP contribution >= 0.6 is 0 Å². The third-order valence-electron chi connectivity index (χ3n) is 2.88. The van der Waals surface area contributed by atoms with Crippen molar-refractivity contribution in [2.45, 2.75) is 58.4 Å². The Hall–Kier alpha value is -1.63. The first kappa shape index (κ1) is 21.4. The fourth-order valence-corrected chi connectivity index (χ4v) is 2.77. The molecule has 0 N–H and O–H groups in total. The van der Waals surface area contributed by atoms with Gasteiger partial charge in [-0.05, 0) is 18.9 Å². The maximum absolute atomic E-state index is 11.4. The Morgan fingerprint density at radius 2 is 1.43 bits per heavy atom. The van der Waals surface area contributed by atoms with Crippen molar-refractivity contribution in [2.24, 2.45) is 0 Å². The summed E-state index contributed by atoms with van der Waals surface area (Å²) in [6.07, 6.45) is 6.68. The smallest absolute Gasteiger partial charge is 0.331 e. The van der Waals surface area contributed by atoms with E-state index in [2.05, 4.69) is 6.92 Å². The molecule has 0 aromatic carbocycles. The highest BCUT2D eigenvalue weighted by Crippen LogP contribution is 1.98. The molecule has 7 heteroatoms. The predicted molar refractivity (Wildman–Crippen MR) is 89.6 cm³/mol. The summed E-state index contributed by atoms with van der Waals surface area (Å²) in [6.45, 7) is 4.56. The Morgan fingerprint density at radius 1 is 0.870 bits per heavy atom. The Morgan fingerprint density at radius 3 is 2.00 bits per heavy atom. The first-order valence-electron chi connectivity index (χ1n) is 8.27. The van der Waals surface area contributed by atoms with Gasteiger partial charge in [0.15, 0.2) is 0 Å². The largest absolute Gasteiger partial charge is 0.525 e. The molecule has 6 nitrogen and oxygen atoms in total. The van der Waals surface area contributed by atoms with Gasteiger partial charge in [0.25, 0.3) is 5.97 Å². The van der Waals surface area contributed by atoms with E-state index in [4.69, 9.17) is 13.9 Å². The molecule has 0 rings (SSSR count). The van der Waals surface area contributed by atoms with Gasteiger partial charge < -0.3 is 13.9 Å². The minimum atomic E-state index is -0.743. The van der Waals surface area contributed by atoms with E-state index in [0.717, 1.165) is 43.9 Å². The normalized spacial score (nSPS) is 11.0. The van der Waals surface area contributed by atoms with E-state index in [1.54, 1.807) is 0 Å². The fraction of sp³-hybridized carbons (Fsp3) is 0.688. The molecule has 0 aliphatic carbocycles. The zero-order valence-electron chi connectivity index (χ0n) is 14.2. The SMILES string of the molecule is CCCCOC(=O)/C=C/C(=O)OCCCC(=O)O[SiH2]CCCC. The number of ether oxygens (including phenoxy) is 2. The summed E-state index contributed by atoms with van der Waals surface area (Å²) < 4.78 is 14.9. The van der Waals surface area contributed by atoms with Gasteiger partial charge in [-0.2, -0.15) is 0 Å². The Kier molecular flexibility index (Phi) is 14.2. The zero-order chi connectivity index (χ0) is 17.3. The molecule has 0 aliphatic heterocycles. The molecular formula is C16H28O6Si. The molecule has 0 unspecified atom stereocenters. The van der Waals surface area contributed by atoms with Crippen LogP contribution in [0.2, 0.25) is 6.04 Å². The lowest BCUT2D eigenvalue weighted by atomic mass is 10.3. The number of hydrogen-bond acceptors (Lipinski definition) is 6. The third kappa shape index (κ3) is 15.0. The molecule has 132 valence electrons. The Balaban J connectivity index is 3.62. The van der Waals surface area contributed by atoms with E-state index in [9.17, 15) is 14.4 Å². The number of carbonyl (C=O) groups excluding carboxylic acids is 3. The van der Waals surface area contributed by atoms with Gasteiger partial charge in [-0.25, -0.2) is 9.59 Å². The van der Waals surface area contributed by atoms with E-state index in [0.29, 0.717) is 13.0 Å². The van der Waals surface area contributed by atoms with Crippen molar-refractivity contribution in [3.05, 3.63) is 12.2 Å². The summed E-state index contributed by atoms with van der Waals surface area (Å²) >= 11 is 0. The monoisotopic (exact) mass is 344 g/mol. The number of unbranched alkanes of at least 4 members (excludes halogenated alkanes) is 2. The van der Waals surface area contributed by atoms with Crippen molar-refractivity contribution in [3.8, 4) is 0 Å². The van der Waals surface area contributed by atoms with E-state index in [1.165, 1.54) is 0 Å². The van der Waals surface area contributed by atoms with Crippen molar-refractivity contribution in [1.29, 1.82) is 0 Å². The summed E-state index contributed by atoms with van der Waals surface area (Å²) in [6, 6.07) is 1.01. The molecule has 0 amide bonds. The second-order valence-electron chi connectivity index (χ2n) is 5.05. The Bertz CT molecular complexity index is 381. The molecule has 0 saturated heterocycles. The minimum Gasteiger partial charge on any atom is -0.525 e. The van der Waals surface area contributed by atoms with Gasteiger partial charge >= 0.3 is 11.9 Å². The van der Waals surface area contributed by atoms with Crippen molar-refractivity contribution in [2.75, 3.05) is 13.2 Å². The van der Waals surface area contributed by atoms with Crippen LogP contribution < -0.4 is 0 Å². The van der Waals surface area contributed by atoms with Gasteiger partial charge in [0, 0.05) is 18.6 Å². The molecule has 0 bridgehead atoms. The molecule has 0 fully saturated rings. The molecular weight excluding hydrogens is 316 g/mol. The van der Waals surface area contributed by atoms with Crippen LogP contribution in [-0.4, -0.2) is 40.9 Å². The van der Waals surface area contributed by atoms with E-state index < -0.39 is 21.7 Å². The highest BCUT2D eigenvalue weighted by Gasteiger charge is 2.04. The van der Waals surface area contributed by atoms with Gasteiger partial charge in [0.05, 0.1) is 13.2 Å². The topological polar surface area (TPSA) is 78.9 Å². The fourth-order valence-electron chi connectivity index (χ4n) is 1.55. The van der Waals surface area contributed by atoms with Gasteiger partial charge in [-0.3, -0.25) is 4.79 Å². The van der Waals surface area contributed by atoms with Crippen molar-refractivity contribution in [3.63, 3.8) is 0 Å². The quantitative estimate of drug-likeness (QED) is 0.220. The van der Waals surface area contributed by atoms with Crippen LogP contribution in [0, 0.1) is 0 Å². The lowest BCUT2D eigenvalue weighted by Crippen LogP contribution is -2.10. The maximum atomic E-state index is 11.4. The summed E-state index contributed by atoms with van der Waals surface area (Å²) in [5, 5.41) is 0. The summed E-state index contributed by atoms with van der Waals surface area (Å²) in [4.78, 5) is 33.9. The minimum absolute atomic E-state index is 0.125. The van der Waals surface area contributed by atoms with Crippen LogP contribution in [0.1, 0.15) is 52.4 Å². The van der Waals surface area contributed by atoms with E-state index in [-0.39, 0.29) is 19.0 Å². The maximum Gasteiger partial charge on any atom is 0.331 e. The second-order valence-corrected chi connectivity index (χ2v) is 6.46. The van der Waals surface area contributed by atoms with Crippen LogP contribution in [-0.2, 0) is 28.3 Å². The van der Waals surface area contributed by atoms with Gasteiger partial charge in [-0.15, -0.1) is 0 Å². The molecule has 0 aromatic heterocycles. The summed E-state index contributed by atoms with van der Waals surface area (Å²) in [5.41, 5.74) is 0. The predicted octanol–water partition coefficient (Wildman–Crippen LogP) is 2.05. The highest BCUT2D eigenvalue weighted by atomic mass is 28.2. The molecule has 0 aliphatic rings. The second kappa shape index (κ2) is 15.3. The first-order valence-corrected chi connectivity index (χ1v) is 9.85. The molecule has 23 heavy (non-hydrogen) atoms. The highest BCUT2D eigenvalue weighted by molar-refractivity contribution is 6.30. The van der Waals surface area contributed by atoms with Crippen LogP contribution in [0.5, 0.6) is 0 Å². The number of rotatable bonds is 13. The van der Waals surface area contributed by atoms with Crippen molar-refractivity contribution >= 4 is 27.7 Å². The first-order chi connectivity index (χ1) is 11.1. The van der Waals surface area contributed by atoms with Crippen LogP contribution in [0.4, 0.5) is 0 Å². The lowest BCUT2D eigenvalue weighted by Gasteiger charge is -2.04. The molecule has 0 aromatic rings. The molecule has 0 saturated carbocycles. The summed E-state index contributed by atoms with van der Waals surface area (Å²) in [7, 11) is -0.743. The molecule has 0 atom stereocenters. The van der Waals surface area contributed by atoms with Gasteiger partial charge in [-0.1, -0.05) is 33.1 Å². The average Bonchev–Trinajstić information content (AvgIpc) is 2.54. The summed E-state index contributed by atoms with van der Waals surface area (Å²) in [5.74, 6) is -1.40. The van der Waals surface area contributed by atoms with Gasteiger partial charge in [0.2, 0.25) is 9.76 Å². The van der Waals surface area contributed by atoms with Crippen LogP contribution in [0.15, 0.2) is 12.2 Å². The average molecular weight is 344 g/mol. The van der Waals surface area contributed by atoms with Crippen LogP contribution in [0.25, 0.3) is 0 Å². The standard InChI is InChI=1S/C16H28O6Si/c1-3-5-11-20-14(17)9-10-15(18)21-12-7-8-16(19)22-23-13-6-4-2/h9-10H,3-8,11-13,23H2,1-2H3/b10-9+.